The SMILES string of the molecule is CC(N)C1CCCCN1C(=O)c1cncnc1. The number of hydrogen-bond acceptors (Lipinski definition) is 4. The minimum Gasteiger partial charge on any atom is -0.334 e. The maximum atomic E-state index is 12.3. The van der Waals surface area contributed by atoms with Crippen LogP contribution in [0.1, 0.15) is 36.5 Å². The first-order valence-corrected chi connectivity index (χ1v) is 6.01. The zero-order chi connectivity index (χ0) is 12.3. The summed E-state index contributed by atoms with van der Waals surface area (Å²) in [5, 5.41) is 0. The number of rotatable bonds is 2. The van der Waals surface area contributed by atoms with Crippen molar-refractivity contribution in [2.45, 2.75) is 38.3 Å². The summed E-state index contributed by atoms with van der Waals surface area (Å²) < 4.78 is 0. The van der Waals surface area contributed by atoms with Gasteiger partial charge in [-0.05, 0) is 26.2 Å². The predicted molar refractivity (Wildman–Crippen MR) is 64.4 cm³/mol. The van der Waals surface area contributed by atoms with Crippen molar-refractivity contribution >= 4 is 5.91 Å². The normalized spacial score (nSPS) is 22.2. The molecule has 0 spiro atoms. The van der Waals surface area contributed by atoms with E-state index >= 15 is 0 Å². The second-order valence-electron chi connectivity index (χ2n) is 4.55. The molecular formula is C12H18N4O. The third-order valence-electron chi connectivity index (χ3n) is 3.22. The Balaban J connectivity index is 2.17. The molecule has 0 radical (unpaired) electrons. The number of nitrogens with zero attached hydrogens (tertiary/aromatic N) is 3. The van der Waals surface area contributed by atoms with Crippen LogP contribution in [-0.4, -0.2) is 39.4 Å². The molecule has 1 fully saturated rings. The van der Waals surface area contributed by atoms with Crippen molar-refractivity contribution in [2.75, 3.05) is 6.54 Å². The van der Waals surface area contributed by atoms with Crippen molar-refractivity contribution in [3.8, 4) is 0 Å². The highest BCUT2D eigenvalue weighted by Gasteiger charge is 2.29. The first-order valence-electron chi connectivity index (χ1n) is 6.01. The van der Waals surface area contributed by atoms with Gasteiger partial charge in [0.1, 0.15) is 6.33 Å². The first-order chi connectivity index (χ1) is 8.20. The Morgan fingerprint density at radius 1 is 1.47 bits per heavy atom. The number of carbonyl (C=O) groups excluding carboxylic acids is 1. The maximum Gasteiger partial charge on any atom is 0.257 e. The van der Waals surface area contributed by atoms with E-state index in [-0.39, 0.29) is 18.0 Å². The molecule has 1 aromatic rings. The fourth-order valence-electron chi connectivity index (χ4n) is 2.33. The molecule has 2 atom stereocenters. The van der Waals surface area contributed by atoms with E-state index in [1.165, 1.54) is 6.33 Å². The molecule has 2 heterocycles. The van der Waals surface area contributed by atoms with Gasteiger partial charge in [-0.25, -0.2) is 9.97 Å². The summed E-state index contributed by atoms with van der Waals surface area (Å²) in [6.45, 7) is 2.73. The molecule has 0 aliphatic carbocycles. The van der Waals surface area contributed by atoms with Crippen molar-refractivity contribution in [1.82, 2.24) is 14.9 Å². The number of hydrogen-bond donors (Lipinski definition) is 1. The quantitative estimate of drug-likeness (QED) is 0.822. The Labute approximate surface area is 101 Å². The molecule has 5 nitrogen and oxygen atoms in total. The summed E-state index contributed by atoms with van der Waals surface area (Å²) in [5.74, 6) is -0.00685. The van der Waals surface area contributed by atoms with Crippen LogP contribution in [0.3, 0.4) is 0 Å². The lowest BCUT2D eigenvalue weighted by Crippen LogP contribution is -2.51. The van der Waals surface area contributed by atoms with Gasteiger partial charge in [0.25, 0.3) is 5.91 Å². The number of piperidine rings is 1. The molecule has 2 unspecified atom stereocenters. The van der Waals surface area contributed by atoms with Crippen LogP contribution in [0.5, 0.6) is 0 Å². The minimum absolute atomic E-state index is 0.00359. The van der Waals surface area contributed by atoms with E-state index < -0.39 is 0 Å². The second-order valence-corrected chi connectivity index (χ2v) is 4.55. The number of amides is 1. The molecule has 0 aromatic carbocycles. The standard InChI is InChI=1S/C12H18N4O/c1-9(13)11-4-2-3-5-16(11)12(17)10-6-14-8-15-7-10/h6-9,11H,2-5,13H2,1H3. The van der Waals surface area contributed by atoms with E-state index in [0.29, 0.717) is 5.56 Å². The largest absolute Gasteiger partial charge is 0.334 e. The van der Waals surface area contributed by atoms with Crippen LogP contribution in [0.25, 0.3) is 0 Å². The van der Waals surface area contributed by atoms with Gasteiger partial charge in [-0.3, -0.25) is 4.79 Å². The molecule has 92 valence electrons. The van der Waals surface area contributed by atoms with Gasteiger partial charge in [0.15, 0.2) is 0 Å². The van der Waals surface area contributed by atoms with E-state index in [1.54, 1.807) is 12.4 Å². The maximum absolute atomic E-state index is 12.3. The fraction of sp³-hybridized carbons (Fsp3) is 0.583. The molecule has 2 rings (SSSR count). The lowest BCUT2D eigenvalue weighted by atomic mass is 9.96. The topological polar surface area (TPSA) is 72.1 Å². The highest BCUT2D eigenvalue weighted by Crippen LogP contribution is 2.20. The van der Waals surface area contributed by atoms with E-state index in [2.05, 4.69) is 9.97 Å². The smallest absolute Gasteiger partial charge is 0.257 e. The zero-order valence-electron chi connectivity index (χ0n) is 10.0. The zero-order valence-corrected chi connectivity index (χ0v) is 10.0. The molecule has 17 heavy (non-hydrogen) atoms. The van der Waals surface area contributed by atoms with Crippen LogP contribution in [0.4, 0.5) is 0 Å². The van der Waals surface area contributed by atoms with Crippen molar-refractivity contribution in [2.24, 2.45) is 5.73 Å². The molecule has 1 saturated heterocycles. The molecule has 1 aliphatic heterocycles. The lowest BCUT2D eigenvalue weighted by molar-refractivity contribution is 0.0583. The molecule has 1 aliphatic rings. The van der Waals surface area contributed by atoms with Crippen molar-refractivity contribution in [3.63, 3.8) is 0 Å². The number of aromatic nitrogens is 2. The monoisotopic (exact) mass is 234 g/mol. The summed E-state index contributed by atoms with van der Waals surface area (Å²) in [7, 11) is 0. The summed E-state index contributed by atoms with van der Waals surface area (Å²) in [4.78, 5) is 21.9. The number of carbonyl (C=O) groups is 1. The molecule has 1 aromatic heterocycles. The third kappa shape index (κ3) is 2.61. The van der Waals surface area contributed by atoms with E-state index in [0.717, 1.165) is 25.8 Å². The number of likely N-dealkylation sites (tertiary alicyclic amines) is 1. The van der Waals surface area contributed by atoms with Gasteiger partial charge in [-0.15, -0.1) is 0 Å². The molecule has 2 N–H and O–H groups in total. The summed E-state index contributed by atoms with van der Waals surface area (Å²) in [5.41, 5.74) is 6.49. The van der Waals surface area contributed by atoms with Gasteiger partial charge in [0, 0.05) is 31.0 Å². The fourth-order valence-corrected chi connectivity index (χ4v) is 2.33. The van der Waals surface area contributed by atoms with E-state index in [1.807, 2.05) is 11.8 Å². The van der Waals surface area contributed by atoms with Gasteiger partial charge in [-0.2, -0.15) is 0 Å². The predicted octanol–water partition coefficient (Wildman–Crippen LogP) is 0.818. The molecule has 0 saturated carbocycles. The Kier molecular flexibility index (Phi) is 3.68. The molecule has 1 amide bonds. The van der Waals surface area contributed by atoms with Crippen LogP contribution < -0.4 is 5.73 Å². The second kappa shape index (κ2) is 5.23. The van der Waals surface area contributed by atoms with Crippen LogP contribution in [0, 0.1) is 0 Å². The first kappa shape index (κ1) is 12.0. The minimum atomic E-state index is -0.00685. The van der Waals surface area contributed by atoms with Crippen LogP contribution >= 0.6 is 0 Å². The number of nitrogens with two attached hydrogens (primary N) is 1. The van der Waals surface area contributed by atoms with Gasteiger partial charge in [-0.1, -0.05) is 0 Å². The van der Waals surface area contributed by atoms with Crippen LogP contribution in [0.15, 0.2) is 18.7 Å². The molecule has 5 heteroatoms. The van der Waals surface area contributed by atoms with Crippen molar-refractivity contribution < 1.29 is 4.79 Å². The van der Waals surface area contributed by atoms with Gasteiger partial charge in [0.2, 0.25) is 0 Å². The molecular weight excluding hydrogens is 216 g/mol. The summed E-state index contributed by atoms with van der Waals surface area (Å²) in [6.07, 6.45) is 7.71. The summed E-state index contributed by atoms with van der Waals surface area (Å²) in [6, 6.07) is 0.139. The van der Waals surface area contributed by atoms with Gasteiger partial charge >= 0.3 is 0 Å². The molecule has 0 bridgehead atoms. The average molecular weight is 234 g/mol. The Morgan fingerprint density at radius 2 is 2.18 bits per heavy atom. The Morgan fingerprint density at radius 3 is 2.82 bits per heavy atom. The third-order valence-corrected chi connectivity index (χ3v) is 3.22. The average Bonchev–Trinajstić information content (AvgIpc) is 2.39. The highest BCUT2D eigenvalue weighted by molar-refractivity contribution is 5.93. The van der Waals surface area contributed by atoms with Gasteiger partial charge in [0.05, 0.1) is 5.56 Å². The lowest BCUT2D eigenvalue weighted by Gasteiger charge is -2.38. The Hall–Kier alpha value is -1.49. The van der Waals surface area contributed by atoms with E-state index in [9.17, 15) is 4.79 Å². The van der Waals surface area contributed by atoms with Crippen LogP contribution in [-0.2, 0) is 0 Å². The van der Waals surface area contributed by atoms with Crippen molar-refractivity contribution in [3.05, 3.63) is 24.3 Å². The summed E-state index contributed by atoms with van der Waals surface area (Å²) >= 11 is 0. The highest BCUT2D eigenvalue weighted by atomic mass is 16.2. The van der Waals surface area contributed by atoms with E-state index in [4.69, 9.17) is 5.73 Å². The van der Waals surface area contributed by atoms with Crippen molar-refractivity contribution in [1.29, 1.82) is 0 Å². The van der Waals surface area contributed by atoms with Gasteiger partial charge < -0.3 is 10.6 Å². The van der Waals surface area contributed by atoms with Crippen LogP contribution in [0.2, 0.25) is 0 Å². The Bertz CT molecular complexity index is 379.